The number of nitrogens with one attached hydrogen (secondary N) is 2. The first-order valence-corrected chi connectivity index (χ1v) is 8.01. The number of alkyl carbamates (subject to hydrolysis) is 1. The second-order valence-electron chi connectivity index (χ2n) is 5.89. The van der Waals surface area contributed by atoms with Gasteiger partial charge in [-0.05, 0) is 12.8 Å². The average Bonchev–Trinajstić information content (AvgIpc) is 3.13. The van der Waals surface area contributed by atoms with Crippen molar-refractivity contribution in [3.8, 4) is 0 Å². The van der Waals surface area contributed by atoms with E-state index in [4.69, 9.17) is 16.3 Å². The molecule has 2 heterocycles. The maximum atomic E-state index is 14.1. The van der Waals surface area contributed by atoms with Crippen molar-refractivity contribution in [2.45, 2.75) is 44.0 Å². The topological polar surface area (TPSA) is 87.3 Å². The number of rotatable bonds is 3. The Balaban J connectivity index is 1.60. The van der Waals surface area contributed by atoms with Crippen molar-refractivity contribution < 1.29 is 13.9 Å². The first-order chi connectivity index (χ1) is 11.0. The molecule has 126 valence electrons. The molecule has 1 aromatic rings. The molecule has 1 aliphatic carbocycles. The number of aromatic nitrogens is 2. The third-order valence-corrected chi connectivity index (χ3v) is 4.62. The van der Waals surface area contributed by atoms with Crippen LogP contribution in [0.25, 0.3) is 0 Å². The monoisotopic (exact) mass is 344 g/mol. The number of ether oxygens (including phenoxy) is 1. The van der Waals surface area contributed by atoms with Gasteiger partial charge in [0, 0.05) is 6.04 Å². The minimum atomic E-state index is -1.35. The van der Waals surface area contributed by atoms with Crippen molar-refractivity contribution >= 4 is 23.4 Å². The fraction of sp³-hybridized carbons (Fsp3) is 0.643. The van der Waals surface area contributed by atoms with E-state index in [2.05, 4.69) is 15.5 Å². The van der Waals surface area contributed by atoms with Crippen LogP contribution in [0.4, 0.5) is 14.9 Å². The minimum absolute atomic E-state index is 0.00771. The largest absolute Gasteiger partial charge is 0.441 e. The molecule has 7 nitrogen and oxygen atoms in total. The number of halogens is 2. The summed E-state index contributed by atoms with van der Waals surface area (Å²) >= 11 is 5.92. The zero-order valence-electron chi connectivity index (χ0n) is 12.4. The molecule has 9 heteroatoms. The van der Waals surface area contributed by atoms with Crippen molar-refractivity contribution in [2.75, 3.05) is 18.0 Å². The van der Waals surface area contributed by atoms with Crippen LogP contribution in [0.15, 0.2) is 11.0 Å². The molecular weight excluding hydrogens is 327 g/mol. The number of anilines is 1. The SMILES string of the molecule is O=C(NC1CCCC1)OC1CN(c2cn[nH]c(=O)c2Cl)CC1F. The molecule has 23 heavy (non-hydrogen) atoms. The molecule has 1 saturated carbocycles. The van der Waals surface area contributed by atoms with Crippen LogP contribution in [0.1, 0.15) is 25.7 Å². The smallest absolute Gasteiger partial charge is 0.407 e. The average molecular weight is 345 g/mol. The summed E-state index contributed by atoms with van der Waals surface area (Å²) in [6, 6.07) is 0.115. The summed E-state index contributed by atoms with van der Waals surface area (Å²) in [6.07, 6.45) is 2.55. The number of nitrogens with zero attached hydrogens (tertiary/aromatic N) is 2. The van der Waals surface area contributed by atoms with Gasteiger partial charge < -0.3 is 15.0 Å². The van der Waals surface area contributed by atoms with E-state index in [0.717, 1.165) is 25.7 Å². The summed E-state index contributed by atoms with van der Waals surface area (Å²) < 4.78 is 19.3. The summed E-state index contributed by atoms with van der Waals surface area (Å²) in [7, 11) is 0. The second kappa shape index (κ2) is 6.74. The van der Waals surface area contributed by atoms with Crippen LogP contribution >= 0.6 is 11.6 Å². The lowest BCUT2D eigenvalue weighted by atomic mass is 10.2. The van der Waals surface area contributed by atoms with Crippen molar-refractivity contribution in [1.29, 1.82) is 0 Å². The van der Waals surface area contributed by atoms with E-state index < -0.39 is 23.9 Å². The van der Waals surface area contributed by atoms with Crippen molar-refractivity contribution in [3.63, 3.8) is 0 Å². The van der Waals surface area contributed by atoms with Crippen LogP contribution in [0, 0.1) is 0 Å². The highest BCUT2D eigenvalue weighted by Gasteiger charge is 2.37. The van der Waals surface area contributed by atoms with E-state index in [1.807, 2.05) is 0 Å². The Morgan fingerprint density at radius 2 is 2.17 bits per heavy atom. The third-order valence-electron chi connectivity index (χ3n) is 4.25. The van der Waals surface area contributed by atoms with Gasteiger partial charge in [0.05, 0.1) is 25.0 Å². The molecule has 0 bridgehead atoms. The van der Waals surface area contributed by atoms with Crippen LogP contribution in [-0.2, 0) is 4.74 Å². The molecule has 2 fully saturated rings. The van der Waals surface area contributed by atoms with Gasteiger partial charge in [-0.3, -0.25) is 4.79 Å². The Morgan fingerprint density at radius 1 is 1.43 bits per heavy atom. The Hall–Kier alpha value is -1.83. The molecule has 0 radical (unpaired) electrons. The van der Waals surface area contributed by atoms with E-state index in [1.54, 1.807) is 4.90 Å². The standard InChI is InChI=1S/C14H18ClFN4O3/c15-12-10(5-17-19-13(12)21)20-6-9(16)11(7-20)23-14(22)18-8-3-1-2-4-8/h5,8-9,11H,1-4,6-7H2,(H,18,22)(H,19,21). The Morgan fingerprint density at radius 3 is 2.91 bits per heavy atom. The summed E-state index contributed by atoms with van der Waals surface area (Å²) in [5.41, 5.74) is -0.205. The molecule has 3 rings (SSSR count). The molecule has 1 aliphatic heterocycles. The van der Waals surface area contributed by atoms with Gasteiger partial charge in [-0.1, -0.05) is 24.4 Å². The molecule has 1 aromatic heterocycles. The van der Waals surface area contributed by atoms with Crippen molar-refractivity contribution in [3.05, 3.63) is 21.6 Å². The number of carbonyl (C=O) groups is 1. The maximum Gasteiger partial charge on any atom is 0.407 e. The number of hydrogen-bond donors (Lipinski definition) is 2. The second-order valence-corrected chi connectivity index (χ2v) is 6.27. The van der Waals surface area contributed by atoms with Gasteiger partial charge in [0.1, 0.15) is 5.02 Å². The van der Waals surface area contributed by atoms with Gasteiger partial charge >= 0.3 is 6.09 Å². The quantitative estimate of drug-likeness (QED) is 0.870. The van der Waals surface area contributed by atoms with E-state index >= 15 is 0 Å². The predicted molar refractivity (Wildman–Crippen MR) is 82.6 cm³/mol. The lowest BCUT2D eigenvalue weighted by Crippen LogP contribution is -2.38. The highest BCUT2D eigenvalue weighted by atomic mass is 35.5. The first-order valence-electron chi connectivity index (χ1n) is 7.64. The third kappa shape index (κ3) is 3.57. The number of aromatic amines is 1. The fourth-order valence-electron chi connectivity index (χ4n) is 3.04. The molecule has 2 aliphatic rings. The maximum absolute atomic E-state index is 14.1. The van der Waals surface area contributed by atoms with Crippen LogP contribution in [-0.4, -0.2) is 47.7 Å². The lowest BCUT2D eigenvalue weighted by Gasteiger charge is -2.19. The molecule has 0 aromatic carbocycles. The van der Waals surface area contributed by atoms with Crippen molar-refractivity contribution in [2.24, 2.45) is 0 Å². The van der Waals surface area contributed by atoms with Crippen LogP contribution in [0.2, 0.25) is 5.02 Å². The van der Waals surface area contributed by atoms with Gasteiger partial charge in [-0.15, -0.1) is 0 Å². The Bertz CT molecular complexity index is 635. The molecule has 2 N–H and O–H groups in total. The van der Waals surface area contributed by atoms with Crippen molar-refractivity contribution in [1.82, 2.24) is 15.5 Å². The zero-order chi connectivity index (χ0) is 16.4. The van der Waals surface area contributed by atoms with Gasteiger partial charge in [-0.25, -0.2) is 14.3 Å². The molecule has 1 amide bonds. The molecular formula is C14H18ClFN4O3. The number of amides is 1. The van der Waals surface area contributed by atoms with Crippen LogP contribution in [0.5, 0.6) is 0 Å². The summed E-state index contributed by atoms with van der Waals surface area (Å²) in [5.74, 6) is 0. The number of hydrogen-bond acceptors (Lipinski definition) is 5. The number of carbonyl (C=O) groups excluding carboxylic acids is 1. The normalized spacial score (nSPS) is 24.9. The Kier molecular flexibility index (Phi) is 4.70. The van der Waals surface area contributed by atoms with Gasteiger partial charge in [-0.2, -0.15) is 5.10 Å². The first kappa shape index (κ1) is 16.0. The lowest BCUT2D eigenvalue weighted by molar-refractivity contribution is 0.0682. The molecule has 0 spiro atoms. The summed E-state index contributed by atoms with van der Waals surface area (Å²) in [5, 5.41) is 8.58. The number of H-pyrrole nitrogens is 1. The van der Waals surface area contributed by atoms with Gasteiger partial charge in [0.25, 0.3) is 5.56 Å². The highest BCUT2D eigenvalue weighted by Crippen LogP contribution is 2.27. The zero-order valence-corrected chi connectivity index (χ0v) is 13.2. The van der Waals surface area contributed by atoms with E-state index in [9.17, 15) is 14.0 Å². The Labute approximate surface area is 137 Å². The predicted octanol–water partition coefficient (Wildman–Crippen LogP) is 1.62. The molecule has 2 unspecified atom stereocenters. The highest BCUT2D eigenvalue weighted by molar-refractivity contribution is 6.33. The fourth-order valence-corrected chi connectivity index (χ4v) is 3.26. The van der Waals surface area contributed by atoms with E-state index in [-0.39, 0.29) is 24.2 Å². The summed E-state index contributed by atoms with van der Waals surface area (Å²) in [6.45, 7) is 0.121. The molecule has 1 saturated heterocycles. The number of alkyl halides is 1. The van der Waals surface area contributed by atoms with E-state index in [0.29, 0.717) is 5.69 Å². The molecule has 2 atom stereocenters. The van der Waals surface area contributed by atoms with Crippen LogP contribution in [0.3, 0.4) is 0 Å². The summed E-state index contributed by atoms with van der Waals surface area (Å²) in [4.78, 5) is 24.9. The van der Waals surface area contributed by atoms with E-state index in [1.165, 1.54) is 6.20 Å². The minimum Gasteiger partial charge on any atom is -0.441 e. The van der Waals surface area contributed by atoms with Crippen LogP contribution < -0.4 is 15.8 Å². The van der Waals surface area contributed by atoms with Gasteiger partial charge in [0.2, 0.25) is 0 Å². The van der Waals surface area contributed by atoms with Gasteiger partial charge in [0.15, 0.2) is 12.3 Å².